The van der Waals surface area contributed by atoms with Gasteiger partial charge in [0.25, 0.3) is 5.69 Å². The van der Waals surface area contributed by atoms with E-state index >= 15 is 0 Å². The molecule has 3 rings (SSSR count). The molecular weight excluding hydrogens is 495 g/mol. The average Bonchev–Trinajstić information content (AvgIpc) is 2.77. The second kappa shape index (κ2) is 11.2. The van der Waals surface area contributed by atoms with Crippen LogP contribution >= 0.6 is 0 Å². The largest absolute Gasteiger partial charge is 1.00 e. The number of ether oxygens (including phenoxy) is 1. The summed E-state index contributed by atoms with van der Waals surface area (Å²) in [6.07, 6.45) is 0. The molecule has 35 heavy (non-hydrogen) atoms. The van der Waals surface area contributed by atoms with E-state index in [1.807, 2.05) is 0 Å². The molecule has 0 amide bonds. The van der Waals surface area contributed by atoms with Crippen LogP contribution in [0, 0.1) is 10.1 Å². The van der Waals surface area contributed by atoms with Gasteiger partial charge in [-0.25, -0.2) is 8.42 Å². The van der Waals surface area contributed by atoms with Gasteiger partial charge in [0, 0.05) is 6.07 Å². The zero-order chi connectivity index (χ0) is 25.0. The third kappa shape index (κ3) is 6.49. The summed E-state index contributed by atoms with van der Waals surface area (Å²) in [7, 11) is -3.46. The molecule has 0 fully saturated rings. The van der Waals surface area contributed by atoms with Crippen molar-refractivity contribution in [3.63, 3.8) is 0 Å². The smallest absolute Gasteiger partial charge is 0.744 e. The maximum atomic E-state index is 12.7. The van der Waals surface area contributed by atoms with E-state index in [4.69, 9.17) is 10.5 Å². The maximum absolute atomic E-state index is 12.7. The van der Waals surface area contributed by atoms with Crippen LogP contribution in [0.15, 0.2) is 73.2 Å². The number of nitro groups is 1. The molecule has 176 valence electrons. The Morgan fingerprint density at radius 1 is 1.03 bits per heavy atom. The summed E-state index contributed by atoms with van der Waals surface area (Å²) < 4.78 is 38.8. The quantitative estimate of drug-likeness (QED) is 0.0932. The number of benzene rings is 3. The van der Waals surface area contributed by atoms with Crippen LogP contribution in [0.25, 0.3) is 0 Å². The minimum absolute atomic E-state index is 0. The third-order valence-electron chi connectivity index (χ3n) is 4.35. The van der Waals surface area contributed by atoms with Crippen LogP contribution < -0.4 is 72.5 Å². The van der Waals surface area contributed by atoms with Crippen LogP contribution in [0.4, 0.5) is 22.7 Å². The van der Waals surface area contributed by atoms with Gasteiger partial charge in [0.05, 0.1) is 28.3 Å². The Bertz CT molecular complexity index is 1620. The predicted molar refractivity (Wildman–Crippen MR) is 118 cm³/mol. The summed E-state index contributed by atoms with van der Waals surface area (Å²) in [5, 5.41) is 17.6. The van der Waals surface area contributed by atoms with Gasteiger partial charge >= 0.3 is 29.6 Å². The van der Waals surface area contributed by atoms with Gasteiger partial charge in [0.2, 0.25) is 10.9 Å². The fraction of sp³-hybridized carbons (Fsp3) is 0.0526. The molecule has 14 nitrogen and oxygen atoms in total. The topological polar surface area (TPSA) is 219 Å². The Hall–Kier alpha value is -3.63. The van der Waals surface area contributed by atoms with E-state index in [1.165, 1.54) is 25.3 Å². The molecule has 3 aromatic carbocycles. The maximum Gasteiger partial charge on any atom is 1.00 e. The molecule has 0 saturated heterocycles. The number of nitrogens with zero attached hydrogens (tertiary/aromatic N) is 3. The standard InChI is InChI=1S/C19H16N6O8S.Na/c1-33-17-7-3-11(34(30,31)32)9-14(17)23-22-13-4-6-16(26)18(19(13)27)24-21-10-2-5-15(25(28)29)12(20)8-10;/h2-9,21,23H,20H2,1H3,(H,30,31,32);/q;+1/p-1/b22-13+,24-18-;. The first-order valence-corrected chi connectivity index (χ1v) is 10.5. The van der Waals surface area contributed by atoms with Crippen molar-refractivity contribution in [3.05, 3.63) is 89.8 Å². The van der Waals surface area contributed by atoms with E-state index < -0.39 is 36.2 Å². The Labute approximate surface area is 218 Å². The predicted octanol–water partition coefficient (Wildman–Crippen LogP) is -3.45. The molecule has 0 radical (unpaired) electrons. The Morgan fingerprint density at radius 2 is 1.74 bits per heavy atom. The van der Waals surface area contributed by atoms with Gasteiger partial charge in [-0.15, -0.1) is 0 Å². The van der Waals surface area contributed by atoms with E-state index in [1.54, 1.807) is 0 Å². The Balaban J connectivity index is 0.00000432. The molecule has 0 bridgehead atoms. The molecule has 4 N–H and O–H groups in total. The fourth-order valence-corrected chi connectivity index (χ4v) is 3.19. The summed E-state index contributed by atoms with van der Waals surface area (Å²) in [5.41, 5.74) is 8.52. The van der Waals surface area contributed by atoms with Gasteiger partial charge in [-0.05, 0) is 42.5 Å². The van der Waals surface area contributed by atoms with E-state index in [0.29, 0.717) is 0 Å². The number of hydrogen-bond donors (Lipinski definition) is 3. The van der Waals surface area contributed by atoms with Gasteiger partial charge in [-0.2, -0.15) is 10.2 Å². The second-order valence-corrected chi connectivity index (χ2v) is 7.93. The Morgan fingerprint density at radius 3 is 2.34 bits per heavy atom. The van der Waals surface area contributed by atoms with Crippen molar-refractivity contribution in [2.45, 2.75) is 4.90 Å². The molecule has 0 aromatic heterocycles. The molecule has 0 aliphatic heterocycles. The van der Waals surface area contributed by atoms with Crippen molar-refractivity contribution in [2.75, 3.05) is 23.7 Å². The summed E-state index contributed by atoms with van der Waals surface area (Å²) in [6, 6.07) is 9.00. The van der Waals surface area contributed by atoms with Crippen molar-refractivity contribution < 1.29 is 52.2 Å². The van der Waals surface area contributed by atoms with Gasteiger partial charge in [-0.1, -0.05) is 0 Å². The molecule has 0 atom stereocenters. The van der Waals surface area contributed by atoms with E-state index in [9.17, 15) is 32.7 Å². The molecule has 0 aliphatic rings. The summed E-state index contributed by atoms with van der Waals surface area (Å²) >= 11 is 0. The third-order valence-corrected chi connectivity index (χ3v) is 5.18. The number of nitro benzene ring substituents is 1. The van der Waals surface area contributed by atoms with Crippen LogP contribution in [0.1, 0.15) is 0 Å². The molecule has 0 unspecified atom stereocenters. The van der Waals surface area contributed by atoms with Crippen molar-refractivity contribution in [3.8, 4) is 5.75 Å². The number of rotatable bonds is 7. The van der Waals surface area contributed by atoms with Gasteiger partial charge in [0.15, 0.2) is 5.36 Å². The van der Waals surface area contributed by atoms with Crippen LogP contribution in [-0.2, 0) is 10.1 Å². The van der Waals surface area contributed by atoms with Crippen molar-refractivity contribution in [1.82, 2.24) is 0 Å². The average molecular weight is 510 g/mol. The molecular formula is C19H15N6NaO8S. The monoisotopic (exact) mass is 510 g/mol. The molecule has 0 spiro atoms. The molecule has 0 aliphatic carbocycles. The van der Waals surface area contributed by atoms with Crippen LogP contribution in [0.2, 0.25) is 0 Å². The van der Waals surface area contributed by atoms with Gasteiger partial charge < -0.3 is 15.0 Å². The van der Waals surface area contributed by atoms with E-state index in [2.05, 4.69) is 21.1 Å². The van der Waals surface area contributed by atoms with Crippen molar-refractivity contribution in [2.24, 2.45) is 10.2 Å². The second-order valence-electron chi connectivity index (χ2n) is 6.55. The molecule has 0 heterocycles. The van der Waals surface area contributed by atoms with Gasteiger partial charge in [-0.3, -0.25) is 30.6 Å². The zero-order valence-electron chi connectivity index (χ0n) is 18.2. The van der Waals surface area contributed by atoms with Crippen molar-refractivity contribution in [1.29, 1.82) is 0 Å². The van der Waals surface area contributed by atoms with Crippen LogP contribution in [0.5, 0.6) is 5.75 Å². The first kappa shape index (κ1) is 27.6. The number of methoxy groups -OCH3 is 1. The number of nitrogen functional groups attached to an aromatic ring is 1. The zero-order valence-corrected chi connectivity index (χ0v) is 21.0. The number of nitrogens with two attached hydrogens (primary N) is 1. The minimum Gasteiger partial charge on any atom is -0.744 e. The van der Waals surface area contributed by atoms with E-state index in [-0.39, 0.29) is 63.4 Å². The first-order valence-electron chi connectivity index (χ1n) is 9.13. The number of anilines is 3. The van der Waals surface area contributed by atoms with Crippen LogP contribution in [-0.4, -0.2) is 25.0 Å². The summed E-state index contributed by atoms with van der Waals surface area (Å²) in [5.74, 6) is 0.131. The number of hydrogen-bond acceptors (Lipinski definition) is 13. The van der Waals surface area contributed by atoms with Crippen molar-refractivity contribution >= 4 is 32.9 Å². The van der Waals surface area contributed by atoms with E-state index in [0.717, 1.165) is 30.3 Å². The summed E-state index contributed by atoms with van der Waals surface area (Å²) in [4.78, 5) is 34.4. The number of nitrogens with one attached hydrogen (secondary N) is 2. The molecule has 3 aromatic rings. The fourth-order valence-electron chi connectivity index (χ4n) is 2.70. The normalized spacial score (nSPS) is 12.1. The van der Waals surface area contributed by atoms with Gasteiger partial charge in [0.1, 0.15) is 26.9 Å². The minimum atomic E-state index is -4.76. The first-order chi connectivity index (χ1) is 16.0. The Kier molecular flexibility index (Phi) is 8.83. The SMILES string of the molecule is COc1ccc(S(=O)(=O)[O-])cc1N/N=c1\ccc(=O)/c(=N/Nc2ccc([N+](=O)[O-])c(N)c2)c1=O.[Na+]. The molecule has 0 saturated carbocycles. The summed E-state index contributed by atoms with van der Waals surface area (Å²) in [6.45, 7) is 0. The van der Waals surface area contributed by atoms with Crippen LogP contribution in [0.3, 0.4) is 0 Å². The molecule has 16 heteroatoms.